The maximum absolute atomic E-state index is 12.3. The number of carbonyl (C=O) groups excluding carboxylic acids is 2. The standard InChI is InChI=1S/C20H20Cl2N2O3/c1-24-16-11-17(21)23-20(22)19(16)13(8-10-18(24)26)7-9-14(25)12-27-15-5-3-2-4-6-15/h2-6,11,13H,7-10,12H2,1H3. The monoisotopic (exact) mass is 406 g/mol. The summed E-state index contributed by atoms with van der Waals surface area (Å²) in [5.74, 6) is 0.629. The number of Topliss-reactive ketones (excluding diaryl/α,β-unsaturated/α-hetero) is 1. The molecule has 7 heteroatoms. The second-order valence-corrected chi connectivity index (χ2v) is 7.28. The Balaban J connectivity index is 1.69. The van der Waals surface area contributed by atoms with Crippen LogP contribution in [-0.2, 0) is 9.59 Å². The minimum absolute atomic E-state index is 0.00220. The lowest BCUT2D eigenvalue weighted by Crippen LogP contribution is -2.25. The van der Waals surface area contributed by atoms with Crippen molar-refractivity contribution < 1.29 is 14.3 Å². The largest absolute Gasteiger partial charge is 0.486 e. The number of halogens is 2. The van der Waals surface area contributed by atoms with Crippen LogP contribution in [0, 0.1) is 0 Å². The van der Waals surface area contributed by atoms with Gasteiger partial charge in [0.15, 0.2) is 5.78 Å². The van der Waals surface area contributed by atoms with Gasteiger partial charge in [0, 0.05) is 25.5 Å². The van der Waals surface area contributed by atoms with Crippen molar-refractivity contribution in [1.82, 2.24) is 4.98 Å². The highest BCUT2D eigenvalue weighted by Crippen LogP contribution is 2.41. The van der Waals surface area contributed by atoms with Crippen LogP contribution in [0.1, 0.15) is 37.2 Å². The van der Waals surface area contributed by atoms with E-state index in [0.29, 0.717) is 37.1 Å². The minimum atomic E-state index is -0.0353. The molecule has 1 aromatic heterocycles. The Morgan fingerprint density at radius 1 is 1.30 bits per heavy atom. The normalized spacial score (nSPS) is 16.6. The van der Waals surface area contributed by atoms with Crippen LogP contribution in [-0.4, -0.2) is 30.3 Å². The van der Waals surface area contributed by atoms with Crippen LogP contribution in [0.2, 0.25) is 10.3 Å². The molecule has 0 aliphatic carbocycles. The van der Waals surface area contributed by atoms with Gasteiger partial charge in [-0.25, -0.2) is 4.98 Å². The van der Waals surface area contributed by atoms with Crippen LogP contribution < -0.4 is 9.64 Å². The zero-order valence-electron chi connectivity index (χ0n) is 15.0. The van der Waals surface area contributed by atoms with Crippen molar-refractivity contribution in [3.8, 4) is 5.75 Å². The number of anilines is 1. The molecule has 1 aromatic carbocycles. The molecule has 0 N–H and O–H groups in total. The molecule has 3 rings (SSSR count). The third-order valence-corrected chi connectivity index (χ3v) is 5.21. The van der Waals surface area contributed by atoms with E-state index < -0.39 is 0 Å². The fourth-order valence-corrected chi connectivity index (χ4v) is 3.83. The van der Waals surface area contributed by atoms with Gasteiger partial charge in [-0.3, -0.25) is 9.59 Å². The Labute approximate surface area is 168 Å². The van der Waals surface area contributed by atoms with Gasteiger partial charge in [0.2, 0.25) is 5.91 Å². The highest BCUT2D eigenvalue weighted by Gasteiger charge is 2.29. The molecule has 0 radical (unpaired) electrons. The van der Waals surface area contributed by atoms with Gasteiger partial charge in [-0.05, 0) is 37.0 Å². The molecule has 0 saturated heterocycles. The molecule has 1 aliphatic rings. The third-order valence-electron chi connectivity index (χ3n) is 4.72. The molecule has 142 valence electrons. The fourth-order valence-electron chi connectivity index (χ4n) is 3.26. The third kappa shape index (κ3) is 4.79. The molecule has 0 bridgehead atoms. The Morgan fingerprint density at radius 3 is 2.78 bits per heavy atom. The highest BCUT2D eigenvalue weighted by atomic mass is 35.5. The lowest BCUT2D eigenvalue weighted by atomic mass is 9.90. The molecule has 1 unspecified atom stereocenters. The second kappa shape index (κ2) is 8.72. The number of amides is 1. The van der Waals surface area contributed by atoms with E-state index in [9.17, 15) is 9.59 Å². The van der Waals surface area contributed by atoms with Crippen LogP contribution in [0.4, 0.5) is 5.69 Å². The average Bonchev–Trinajstić information content (AvgIpc) is 2.77. The molecular weight excluding hydrogens is 387 g/mol. The lowest BCUT2D eigenvalue weighted by Gasteiger charge is -2.21. The van der Waals surface area contributed by atoms with Gasteiger partial charge in [0.1, 0.15) is 22.7 Å². The van der Waals surface area contributed by atoms with Crippen LogP contribution >= 0.6 is 23.2 Å². The number of fused-ring (bicyclic) bond motifs is 1. The lowest BCUT2D eigenvalue weighted by molar-refractivity contribution is -0.121. The fraction of sp³-hybridized carbons (Fsp3) is 0.350. The average molecular weight is 407 g/mol. The topological polar surface area (TPSA) is 59.5 Å². The van der Waals surface area contributed by atoms with Crippen molar-refractivity contribution in [3.63, 3.8) is 0 Å². The molecule has 0 fully saturated rings. The number of benzene rings is 1. The summed E-state index contributed by atoms with van der Waals surface area (Å²) in [4.78, 5) is 30.2. The Morgan fingerprint density at radius 2 is 2.04 bits per heavy atom. The SMILES string of the molecule is CN1C(=O)CCC(CCC(=O)COc2ccccc2)c2c1cc(Cl)nc2Cl. The van der Waals surface area contributed by atoms with Crippen molar-refractivity contribution in [2.24, 2.45) is 0 Å². The van der Waals surface area contributed by atoms with Crippen molar-refractivity contribution in [3.05, 3.63) is 52.3 Å². The first-order valence-corrected chi connectivity index (χ1v) is 9.53. The van der Waals surface area contributed by atoms with Crippen molar-refractivity contribution in [1.29, 1.82) is 0 Å². The predicted molar refractivity (Wildman–Crippen MR) is 106 cm³/mol. The van der Waals surface area contributed by atoms with Crippen LogP contribution in [0.15, 0.2) is 36.4 Å². The molecule has 0 spiro atoms. The van der Waals surface area contributed by atoms with Crippen LogP contribution in [0.5, 0.6) is 5.75 Å². The second-order valence-electron chi connectivity index (χ2n) is 6.54. The van der Waals surface area contributed by atoms with Gasteiger partial charge in [-0.15, -0.1) is 0 Å². The number of hydrogen-bond acceptors (Lipinski definition) is 4. The van der Waals surface area contributed by atoms with Crippen LogP contribution in [0.3, 0.4) is 0 Å². The van der Waals surface area contributed by atoms with Crippen molar-refractivity contribution in [2.45, 2.75) is 31.6 Å². The van der Waals surface area contributed by atoms with Gasteiger partial charge in [0.25, 0.3) is 0 Å². The van der Waals surface area contributed by atoms with E-state index in [1.54, 1.807) is 18.0 Å². The first kappa shape index (κ1) is 19.6. The van der Waals surface area contributed by atoms with Crippen LogP contribution in [0.25, 0.3) is 0 Å². The summed E-state index contributed by atoms with van der Waals surface area (Å²) < 4.78 is 5.51. The summed E-state index contributed by atoms with van der Waals surface area (Å²) in [6, 6.07) is 10.9. The summed E-state index contributed by atoms with van der Waals surface area (Å²) in [7, 11) is 1.70. The number of ketones is 1. The smallest absolute Gasteiger partial charge is 0.226 e. The van der Waals surface area contributed by atoms with Gasteiger partial charge < -0.3 is 9.64 Å². The number of para-hydroxylation sites is 1. The summed E-state index contributed by atoms with van der Waals surface area (Å²) >= 11 is 12.4. The molecule has 1 aliphatic heterocycles. The number of aromatic nitrogens is 1. The highest BCUT2D eigenvalue weighted by molar-refractivity contribution is 6.33. The molecule has 27 heavy (non-hydrogen) atoms. The predicted octanol–water partition coefficient (Wildman–Crippen LogP) is 4.66. The van der Waals surface area contributed by atoms with E-state index in [1.165, 1.54) is 0 Å². The Hall–Kier alpha value is -2.11. The molecule has 5 nitrogen and oxygen atoms in total. The van der Waals surface area contributed by atoms with Gasteiger partial charge >= 0.3 is 0 Å². The number of nitrogens with zero attached hydrogens (tertiary/aromatic N) is 2. The molecule has 0 saturated carbocycles. The summed E-state index contributed by atoms with van der Waals surface area (Å²) in [6.45, 7) is 0.0228. The van der Waals surface area contributed by atoms with E-state index in [-0.39, 0.29) is 34.5 Å². The number of ether oxygens (including phenoxy) is 1. The first-order chi connectivity index (χ1) is 13.0. The number of pyridine rings is 1. The van der Waals surface area contributed by atoms with Gasteiger partial charge in [-0.2, -0.15) is 0 Å². The van der Waals surface area contributed by atoms with E-state index in [4.69, 9.17) is 27.9 Å². The molecule has 2 aromatic rings. The van der Waals surface area contributed by atoms with E-state index in [2.05, 4.69) is 4.98 Å². The minimum Gasteiger partial charge on any atom is -0.486 e. The maximum atomic E-state index is 12.3. The van der Waals surface area contributed by atoms with Gasteiger partial charge in [0.05, 0.1) is 5.69 Å². The molecule has 1 atom stereocenters. The molecular formula is C20H20Cl2N2O3. The zero-order chi connectivity index (χ0) is 19.4. The molecule has 2 heterocycles. The number of carbonyl (C=O) groups is 2. The van der Waals surface area contributed by atoms with E-state index >= 15 is 0 Å². The summed E-state index contributed by atoms with van der Waals surface area (Å²) in [5.41, 5.74) is 1.45. The first-order valence-electron chi connectivity index (χ1n) is 8.77. The Bertz CT molecular complexity index is 843. The van der Waals surface area contributed by atoms with E-state index in [0.717, 1.165) is 5.56 Å². The van der Waals surface area contributed by atoms with E-state index in [1.807, 2.05) is 30.3 Å². The van der Waals surface area contributed by atoms with Crippen molar-refractivity contribution >= 4 is 40.6 Å². The summed E-state index contributed by atoms with van der Waals surface area (Å²) in [6.07, 6.45) is 1.92. The quantitative estimate of drug-likeness (QED) is 0.654. The zero-order valence-corrected chi connectivity index (χ0v) is 16.5. The maximum Gasteiger partial charge on any atom is 0.226 e. The number of rotatable bonds is 6. The van der Waals surface area contributed by atoms with Crippen molar-refractivity contribution in [2.75, 3.05) is 18.6 Å². The van der Waals surface area contributed by atoms with Gasteiger partial charge in [-0.1, -0.05) is 41.4 Å². The Kier molecular flexibility index (Phi) is 6.34. The molecule has 1 amide bonds. The number of hydrogen-bond donors (Lipinski definition) is 0. The summed E-state index contributed by atoms with van der Waals surface area (Å²) in [5, 5.41) is 0.531.